The summed E-state index contributed by atoms with van der Waals surface area (Å²) in [4.78, 5) is 26.1. The molecule has 0 fully saturated rings. The van der Waals surface area contributed by atoms with E-state index in [2.05, 4.69) is 40.6 Å². The Labute approximate surface area is 147 Å². The van der Waals surface area contributed by atoms with Gasteiger partial charge >= 0.3 is 12.0 Å². The maximum Gasteiger partial charge on any atom is 0.337 e. The summed E-state index contributed by atoms with van der Waals surface area (Å²) in [5, 5.41) is 2.92. The lowest BCUT2D eigenvalue weighted by Crippen LogP contribution is -2.44. The van der Waals surface area contributed by atoms with Crippen molar-refractivity contribution >= 4 is 17.7 Å². The summed E-state index contributed by atoms with van der Waals surface area (Å²) in [6, 6.07) is 10.9. The number of aromatic nitrogens is 1. The van der Waals surface area contributed by atoms with Crippen LogP contribution in [0.25, 0.3) is 0 Å². The number of aryl methyl sites for hydroxylation is 1. The first-order chi connectivity index (χ1) is 12.0. The van der Waals surface area contributed by atoms with Crippen LogP contribution in [0, 0.1) is 6.92 Å². The molecule has 2 aromatic rings. The molecule has 0 bridgehead atoms. The van der Waals surface area contributed by atoms with Crippen LogP contribution in [0.1, 0.15) is 41.1 Å². The third-order valence-electron chi connectivity index (χ3n) is 4.72. The second kappa shape index (κ2) is 7.01. The summed E-state index contributed by atoms with van der Waals surface area (Å²) in [6.45, 7) is 5.66. The van der Waals surface area contributed by atoms with E-state index in [0.29, 0.717) is 17.8 Å². The highest BCUT2D eigenvalue weighted by molar-refractivity contribution is 5.92. The van der Waals surface area contributed by atoms with Crippen molar-refractivity contribution in [2.75, 3.05) is 19.0 Å². The van der Waals surface area contributed by atoms with E-state index in [1.165, 1.54) is 18.5 Å². The van der Waals surface area contributed by atoms with Gasteiger partial charge < -0.3 is 19.5 Å². The van der Waals surface area contributed by atoms with Gasteiger partial charge in [-0.1, -0.05) is 6.92 Å². The number of hydrogen-bond acceptors (Lipinski definition) is 3. The van der Waals surface area contributed by atoms with Gasteiger partial charge in [0.2, 0.25) is 0 Å². The number of anilines is 1. The lowest BCUT2D eigenvalue weighted by molar-refractivity contribution is 0.0600. The Morgan fingerprint density at radius 3 is 2.52 bits per heavy atom. The molecule has 0 saturated heterocycles. The minimum absolute atomic E-state index is 0.0665. The second-order valence-electron chi connectivity index (χ2n) is 6.17. The topological polar surface area (TPSA) is 63.6 Å². The van der Waals surface area contributed by atoms with E-state index < -0.39 is 5.97 Å². The van der Waals surface area contributed by atoms with Gasteiger partial charge in [0.25, 0.3) is 0 Å². The molecule has 0 saturated carbocycles. The number of urea groups is 1. The number of hydrogen-bond donors (Lipinski definition) is 1. The first-order valence-electron chi connectivity index (χ1n) is 8.47. The molecule has 0 radical (unpaired) electrons. The Hall–Kier alpha value is -2.76. The number of benzene rings is 1. The third-order valence-corrected chi connectivity index (χ3v) is 4.72. The van der Waals surface area contributed by atoms with Crippen LogP contribution >= 0.6 is 0 Å². The van der Waals surface area contributed by atoms with Gasteiger partial charge in [-0.15, -0.1) is 0 Å². The molecule has 1 aliphatic rings. The zero-order valence-electron chi connectivity index (χ0n) is 14.8. The number of ether oxygens (including phenoxy) is 1. The number of esters is 1. The van der Waals surface area contributed by atoms with Gasteiger partial charge in [0, 0.05) is 30.2 Å². The highest BCUT2D eigenvalue weighted by Gasteiger charge is 2.30. The van der Waals surface area contributed by atoms with Gasteiger partial charge in [0.05, 0.1) is 18.7 Å². The Morgan fingerprint density at radius 2 is 1.88 bits per heavy atom. The lowest BCUT2D eigenvalue weighted by Gasteiger charge is -2.37. The number of fused-ring (bicyclic) bond motifs is 1. The van der Waals surface area contributed by atoms with Crippen LogP contribution in [0.5, 0.6) is 0 Å². The van der Waals surface area contributed by atoms with Gasteiger partial charge in [0.1, 0.15) is 0 Å². The molecule has 25 heavy (non-hydrogen) atoms. The lowest BCUT2D eigenvalue weighted by atomic mass is 10.1. The molecule has 6 nitrogen and oxygen atoms in total. The fraction of sp³-hybridized carbons (Fsp3) is 0.368. The van der Waals surface area contributed by atoms with Crippen LogP contribution in [-0.4, -0.2) is 35.1 Å². The summed E-state index contributed by atoms with van der Waals surface area (Å²) in [5.41, 5.74) is 3.53. The van der Waals surface area contributed by atoms with Crippen molar-refractivity contribution in [2.45, 2.75) is 32.9 Å². The van der Waals surface area contributed by atoms with Crippen LogP contribution in [-0.2, 0) is 11.3 Å². The molecule has 1 unspecified atom stereocenters. The van der Waals surface area contributed by atoms with Gasteiger partial charge in [-0.05, 0) is 49.7 Å². The fourth-order valence-corrected chi connectivity index (χ4v) is 3.38. The Bertz CT molecular complexity index is 780. The van der Waals surface area contributed by atoms with E-state index in [1.54, 1.807) is 24.3 Å². The third kappa shape index (κ3) is 3.24. The number of nitrogens with zero attached hydrogens (tertiary/aromatic N) is 2. The predicted octanol–water partition coefficient (Wildman–Crippen LogP) is 3.58. The number of rotatable bonds is 3. The average Bonchev–Trinajstić information content (AvgIpc) is 3.02. The molecule has 132 valence electrons. The normalized spacial score (nSPS) is 16.3. The molecule has 1 atom stereocenters. The fourth-order valence-electron chi connectivity index (χ4n) is 3.38. The molecule has 3 rings (SSSR count). The van der Waals surface area contributed by atoms with E-state index in [0.717, 1.165) is 13.0 Å². The summed E-state index contributed by atoms with van der Waals surface area (Å²) < 4.78 is 6.96. The monoisotopic (exact) mass is 341 g/mol. The largest absolute Gasteiger partial charge is 0.465 e. The highest BCUT2D eigenvalue weighted by atomic mass is 16.5. The van der Waals surface area contributed by atoms with Crippen LogP contribution in [0.2, 0.25) is 0 Å². The van der Waals surface area contributed by atoms with Crippen molar-refractivity contribution in [3.63, 3.8) is 0 Å². The standard InChI is InChI=1S/C19H23N3O3/c1-4-16-17-10-5-13(2)21(17)11-12-22(16)19(24)20-15-8-6-14(7-9-15)18(23)25-3/h5-10,16H,4,11-12H2,1-3H3,(H,20,24). The van der Waals surface area contributed by atoms with E-state index in [4.69, 9.17) is 0 Å². The van der Waals surface area contributed by atoms with Crippen molar-refractivity contribution in [3.8, 4) is 0 Å². The van der Waals surface area contributed by atoms with Crippen molar-refractivity contribution < 1.29 is 14.3 Å². The predicted molar refractivity (Wildman–Crippen MR) is 95.7 cm³/mol. The van der Waals surface area contributed by atoms with E-state index in [9.17, 15) is 9.59 Å². The van der Waals surface area contributed by atoms with Crippen molar-refractivity contribution in [1.29, 1.82) is 0 Å². The molecule has 0 spiro atoms. The first-order valence-corrected chi connectivity index (χ1v) is 8.47. The Balaban J connectivity index is 1.74. The zero-order chi connectivity index (χ0) is 18.0. The molecular formula is C19H23N3O3. The summed E-state index contributed by atoms with van der Waals surface area (Å²) in [6.07, 6.45) is 0.859. The Kier molecular flexibility index (Phi) is 4.79. The maximum absolute atomic E-state index is 12.7. The van der Waals surface area contributed by atoms with E-state index >= 15 is 0 Å². The summed E-state index contributed by atoms with van der Waals surface area (Å²) in [7, 11) is 1.34. The second-order valence-corrected chi connectivity index (χ2v) is 6.17. The summed E-state index contributed by atoms with van der Waals surface area (Å²) >= 11 is 0. The van der Waals surface area contributed by atoms with Crippen molar-refractivity contribution in [2.24, 2.45) is 0 Å². The molecule has 6 heteroatoms. The van der Waals surface area contributed by atoms with Crippen LogP contribution in [0.3, 0.4) is 0 Å². The number of carbonyl (C=O) groups excluding carboxylic acids is 2. The number of amides is 2. The molecule has 2 heterocycles. The highest BCUT2D eigenvalue weighted by Crippen LogP contribution is 2.30. The van der Waals surface area contributed by atoms with Gasteiger partial charge in [0.15, 0.2) is 0 Å². The molecule has 1 aromatic heterocycles. The molecule has 2 amide bonds. The molecule has 1 aromatic carbocycles. The molecule has 1 aliphatic heterocycles. The van der Waals surface area contributed by atoms with E-state index in [1.807, 2.05) is 4.90 Å². The van der Waals surface area contributed by atoms with Crippen LogP contribution < -0.4 is 5.32 Å². The maximum atomic E-state index is 12.7. The number of methoxy groups -OCH3 is 1. The number of nitrogens with one attached hydrogen (secondary N) is 1. The van der Waals surface area contributed by atoms with Crippen LogP contribution in [0.15, 0.2) is 36.4 Å². The van der Waals surface area contributed by atoms with Crippen molar-refractivity contribution in [1.82, 2.24) is 9.47 Å². The zero-order valence-corrected chi connectivity index (χ0v) is 14.8. The average molecular weight is 341 g/mol. The summed E-state index contributed by atoms with van der Waals surface area (Å²) in [5.74, 6) is -0.393. The minimum atomic E-state index is -0.393. The van der Waals surface area contributed by atoms with Gasteiger partial charge in [-0.2, -0.15) is 0 Å². The quantitative estimate of drug-likeness (QED) is 0.868. The molecule has 1 N–H and O–H groups in total. The Morgan fingerprint density at radius 1 is 1.16 bits per heavy atom. The van der Waals surface area contributed by atoms with Crippen LogP contribution in [0.4, 0.5) is 10.5 Å². The number of carbonyl (C=O) groups is 2. The van der Waals surface area contributed by atoms with Crippen molar-refractivity contribution in [3.05, 3.63) is 53.3 Å². The van der Waals surface area contributed by atoms with E-state index in [-0.39, 0.29) is 12.1 Å². The van der Waals surface area contributed by atoms with Gasteiger partial charge in [-0.3, -0.25) is 0 Å². The minimum Gasteiger partial charge on any atom is -0.465 e. The van der Waals surface area contributed by atoms with Gasteiger partial charge in [-0.25, -0.2) is 9.59 Å². The molecule has 0 aliphatic carbocycles. The SMILES string of the molecule is CCC1c2ccc(C)n2CCN1C(=O)Nc1ccc(C(=O)OC)cc1. The smallest absolute Gasteiger partial charge is 0.337 e. The first kappa shape index (κ1) is 17.1. The molecular weight excluding hydrogens is 318 g/mol.